The number of nitrogens with one attached hydrogen (secondary N) is 1. The van der Waals surface area contributed by atoms with Crippen molar-refractivity contribution in [1.29, 1.82) is 5.26 Å². The third-order valence-electron chi connectivity index (χ3n) is 4.55. The van der Waals surface area contributed by atoms with E-state index in [0.29, 0.717) is 17.7 Å². The van der Waals surface area contributed by atoms with Crippen molar-refractivity contribution in [2.45, 2.75) is 13.5 Å². The first-order valence-corrected chi connectivity index (χ1v) is 9.03. The van der Waals surface area contributed by atoms with Gasteiger partial charge in [-0.1, -0.05) is 25.1 Å². The van der Waals surface area contributed by atoms with Crippen LogP contribution in [0.1, 0.15) is 28.4 Å². The Labute approximate surface area is 159 Å². The van der Waals surface area contributed by atoms with Gasteiger partial charge in [0.1, 0.15) is 0 Å². The molecule has 5 nitrogen and oxygen atoms in total. The molecule has 136 valence electrons. The van der Waals surface area contributed by atoms with Gasteiger partial charge >= 0.3 is 0 Å². The van der Waals surface area contributed by atoms with Crippen LogP contribution in [-0.2, 0) is 6.54 Å². The van der Waals surface area contributed by atoms with E-state index < -0.39 is 0 Å². The van der Waals surface area contributed by atoms with Gasteiger partial charge < -0.3 is 5.32 Å². The zero-order chi connectivity index (χ0) is 19.1. The zero-order valence-corrected chi connectivity index (χ0v) is 15.4. The summed E-state index contributed by atoms with van der Waals surface area (Å²) in [5, 5.41) is 13.9. The molecule has 0 bridgehead atoms. The van der Waals surface area contributed by atoms with Gasteiger partial charge in [0.25, 0.3) is 5.91 Å². The maximum Gasteiger partial charge on any atom is 0.251 e. The number of carbonyl (C=O) groups is 1. The van der Waals surface area contributed by atoms with E-state index in [2.05, 4.69) is 28.2 Å². The largest absolute Gasteiger partial charge is 0.351 e. The Hall–Kier alpha value is -3.23. The summed E-state index contributed by atoms with van der Waals surface area (Å²) < 4.78 is 0. The monoisotopic (exact) mass is 358 g/mol. The van der Waals surface area contributed by atoms with Crippen molar-refractivity contribution in [2.24, 2.45) is 0 Å². The van der Waals surface area contributed by atoms with E-state index in [1.165, 1.54) is 0 Å². The maximum atomic E-state index is 12.4. The topological polar surface area (TPSA) is 69.0 Å². The van der Waals surface area contributed by atoms with Crippen molar-refractivity contribution in [2.75, 3.05) is 19.6 Å². The molecule has 0 aliphatic heterocycles. The van der Waals surface area contributed by atoms with Crippen molar-refractivity contribution >= 4 is 16.7 Å². The van der Waals surface area contributed by atoms with Crippen LogP contribution in [0.25, 0.3) is 10.8 Å². The highest BCUT2D eigenvalue weighted by Crippen LogP contribution is 2.14. The molecule has 0 unspecified atom stereocenters. The predicted molar refractivity (Wildman–Crippen MR) is 106 cm³/mol. The minimum Gasteiger partial charge on any atom is -0.351 e. The van der Waals surface area contributed by atoms with Gasteiger partial charge in [-0.05, 0) is 47.8 Å². The Kier molecular flexibility index (Phi) is 6.14. The average molecular weight is 358 g/mol. The second-order valence-electron chi connectivity index (χ2n) is 6.37. The van der Waals surface area contributed by atoms with Gasteiger partial charge in [-0.3, -0.25) is 14.7 Å². The van der Waals surface area contributed by atoms with Crippen LogP contribution < -0.4 is 5.32 Å². The number of aromatic nitrogens is 1. The fourth-order valence-corrected chi connectivity index (χ4v) is 2.95. The average Bonchev–Trinajstić information content (AvgIpc) is 2.73. The van der Waals surface area contributed by atoms with Gasteiger partial charge in [-0.25, -0.2) is 0 Å². The number of benzene rings is 2. The summed E-state index contributed by atoms with van der Waals surface area (Å²) in [6, 6.07) is 17.3. The molecule has 1 amide bonds. The quantitative estimate of drug-likeness (QED) is 0.703. The number of hydrogen-bond acceptors (Lipinski definition) is 4. The van der Waals surface area contributed by atoms with E-state index in [1.54, 1.807) is 12.4 Å². The molecular formula is C22H22N4O. The fourth-order valence-electron chi connectivity index (χ4n) is 2.95. The van der Waals surface area contributed by atoms with E-state index in [9.17, 15) is 4.79 Å². The van der Waals surface area contributed by atoms with Crippen LogP contribution in [0.4, 0.5) is 0 Å². The zero-order valence-electron chi connectivity index (χ0n) is 15.4. The normalized spacial score (nSPS) is 10.7. The molecule has 0 spiro atoms. The first-order valence-electron chi connectivity index (χ1n) is 9.03. The number of nitrogens with zero attached hydrogens (tertiary/aromatic N) is 3. The number of hydrogen-bond donors (Lipinski definition) is 1. The third kappa shape index (κ3) is 4.90. The molecule has 0 aliphatic rings. The number of amides is 1. The lowest BCUT2D eigenvalue weighted by Crippen LogP contribution is -2.34. The van der Waals surface area contributed by atoms with Crippen LogP contribution in [0.2, 0.25) is 0 Å². The molecule has 27 heavy (non-hydrogen) atoms. The standard InChI is InChI=1S/C22H22N4O/c1-2-26(16-18-5-3-17(14-23)4-6-18)12-11-25-22(27)20-8-7-19-9-10-24-15-21(19)13-20/h3-10,13,15H,2,11-12,16H2,1H3,(H,25,27). The minimum absolute atomic E-state index is 0.0739. The molecule has 0 atom stereocenters. The smallest absolute Gasteiger partial charge is 0.251 e. The van der Waals surface area contributed by atoms with E-state index in [4.69, 9.17) is 5.26 Å². The van der Waals surface area contributed by atoms with Crippen LogP contribution in [0, 0.1) is 11.3 Å². The lowest BCUT2D eigenvalue weighted by molar-refractivity contribution is 0.0948. The van der Waals surface area contributed by atoms with Crippen molar-refractivity contribution in [3.05, 3.63) is 77.6 Å². The molecule has 2 aromatic carbocycles. The highest BCUT2D eigenvalue weighted by Gasteiger charge is 2.08. The summed E-state index contributed by atoms with van der Waals surface area (Å²) in [7, 11) is 0. The first kappa shape index (κ1) is 18.6. The van der Waals surface area contributed by atoms with Crippen molar-refractivity contribution in [3.63, 3.8) is 0 Å². The number of rotatable bonds is 7. The first-order chi connectivity index (χ1) is 13.2. The Morgan fingerprint density at radius 2 is 1.96 bits per heavy atom. The van der Waals surface area contributed by atoms with Gasteiger partial charge in [-0.15, -0.1) is 0 Å². The van der Waals surface area contributed by atoms with Crippen LogP contribution >= 0.6 is 0 Å². The summed E-state index contributed by atoms with van der Waals surface area (Å²) in [5.41, 5.74) is 2.47. The molecule has 1 heterocycles. The number of nitriles is 1. The number of likely N-dealkylation sites (N-methyl/N-ethyl adjacent to an activating group) is 1. The Bertz CT molecular complexity index is 960. The molecule has 1 aromatic heterocycles. The highest BCUT2D eigenvalue weighted by molar-refractivity contribution is 5.98. The van der Waals surface area contributed by atoms with Gasteiger partial charge in [0, 0.05) is 43.0 Å². The summed E-state index contributed by atoms with van der Waals surface area (Å²) in [6.07, 6.45) is 3.51. The van der Waals surface area contributed by atoms with Crippen molar-refractivity contribution in [1.82, 2.24) is 15.2 Å². The van der Waals surface area contributed by atoms with Crippen LogP contribution in [0.5, 0.6) is 0 Å². The molecule has 5 heteroatoms. The van der Waals surface area contributed by atoms with E-state index in [-0.39, 0.29) is 5.91 Å². The summed E-state index contributed by atoms with van der Waals surface area (Å²) in [6.45, 7) is 5.12. The SMILES string of the molecule is CCN(CCNC(=O)c1ccc2ccncc2c1)Cc1ccc(C#N)cc1. The highest BCUT2D eigenvalue weighted by atomic mass is 16.1. The molecule has 1 N–H and O–H groups in total. The summed E-state index contributed by atoms with van der Waals surface area (Å²) in [5.74, 6) is -0.0739. The number of pyridine rings is 1. The minimum atomic E-state index is -0.0739. The Balaban J connectivity index is 1.53. The van der Waals surface area contributed by atoms with Gasteiger partial charge in [-0.2, -0.15) is 5.26 Å². The molecule has 0 fully saturated rings. The van der Waals surface area contributed by atoms with E-state index >= 15 is 0 Å². The van der Waals surface area contributed by atoms with Gasteiger partial charge in [0.2, 0.25) is 0 Å². The lowest BCUT2D eigenvalue weighted by Gasteiger charge is -2.20. The Morgan fingerprint density at radius 3 is 2.70 bits per heavy atom. The molecular weight excluding hydrogens is 336 g/mol. The Morgan fingerprint density at radius 1 is 1.15 bits per heavy atom. The second-order valence-corrected chi connectivity index (χ2v) is 6.37. The van der Waals surface area contributed by atoms with Gasteiger partial charge in [0.15, 0.2) is 0 Å². The molecule has 3 rings (SSSR count). The second kappa shape index (κ2) is 8.93. The summed E-state index contributed by atoms with van der Waals surface area (Å²) in [4.78, 5) is 18.8. The lowest BCUT2D eigenvalue weighted by atomic mass is 10.1. The number of fused-ring (bicyclic) bond motifs is 1. The van der Waals surface area contributed by atoms with Gasteiger partial charge in [0.05, 0.1) is 11.6 Å². The van der Waals surface area contributed by atoms with Crippen LogP contribution in [0.15, 0.2) is 60.9 Å². The molecule has 0 aliphatic carbocycles. The maximum absolute atomic E-state index is 12.4. The van der Waals surface area contributed by atoms with E-state index in [0.717, 1.165) is 36.0 Å². The van der Waals surface area contributed by atoms with Crippen molar-refractivity contribution in [3.8, 4) is 6.07 Å². The molecule has 0 saturated carbocycles. The fraction of sp³-hybridized carbons (Fsp3) is 0.227. The molecule has 0 radical (unpaired) electrons. The molecule has 3 aromatic rings. The summed E-state index contributed by atoms with van der Waals surface area (Å²) >= 11 is 0. The van der Waals surface area contributed by atoms with E-state index in [1.807, 2.05) is 48.5 Å². The predicted octanol–water partition coefficient (Wildman–Crippen LogP) is 3.36. The van der Waals surface area contributed by atoms with Crippen LogP contribution in [-0.4, -0.2) is 35.4 Å². The van der Waals surface area contributed by atoms with Crippen molar-refractivity contribution < 1.29 is 4.79 Å². The third-order valence-corrected chi connectivity index (χ3v) is 4.55. The number of carbonyl (C=O) groups excluding carboxylic acids is 1. The van der Waals surface area contributed by atoms with Crippen LogP contribution in [0.3, 0.4) is 0 Å². The molecule has 0 saturated heterocycles.